The van der Waals surface area contributed by atoms with E-state index in [1.54, 1.807) is 12.1 Å². The van der Waals surface area contributed by atoms with E-state index < -0.39 is 10.0 Å². The molecule has 0 aliphatic rings. The van der Waals surface area contributed by atoms with Gasteiger partial charge in [0.1, 0.15) is 0 Å². The Labute approximate surface area is 96.1 Å². The molecule has 0 saturated carbocycles. The molecule has 4 nitrogen and oxygen atoms in total. The summed E-state index contributed by atoms with van der Waals surface area (Å²) in [6, 6.07) is 6.27. The van der Waals surface area contributed by atoms with Crippen molar-refractivity contribution in [2.24, 2.45) is 10.9 Å². The molecule has 1 aromatic carbocycles. The lowest BCUT2D eigenvalue weighted by molar-refractivity contribution is 0.597. The monoisotopic (exact) mass is 250 g/mol. The summed E-state index contributed by atoms with van der Waals surface area (Å²) in [5, 5.41) is 4.96. The van der Waals surface area contributed by atoms with Gasteiger partial charge in [0.2, 0.25) is 10.0 Å². The van der Waals surface area contributed by atoms with Crippen molar-refractivity contribution in [2.45, 2.75) is 24.3 Å². The molecule has 4 N–H and O–H groups in total. The summed E-state index contributed by atoms with van der Waals surface area (Å²) in [4.78, 5) is 0.115. The van der Waals surface area contributed by atoms with Crippen LogP contribution in [0.15, 0.2) is 29.2 Å². The molecule has 86 valence electrons. The van der Waals surface area contributed by atoms with Crippen LogP contribution in [0, 0.1) is 0 Å². The molecule has 0 spiro atoms. The summed E-state index contributed by atoms with van der Waals surface area (Å²) in [7, 11) is -3.59. The first-order valence-electron chi connectivity index (χ1n) is 4.33. The lowest BCUT2D eigenvalue weighted by Crippen LogP contribution is -2.13. The van der Waals surface area contributed by atoms with Gasteiger partial charge in [-0.2, -0.15) is 0 Å². The van der Waals surface area contributed by atoms with Crippen molar-refractivity contribution in [1.82, 2.24) is 0 Å². The van der Waals surface area contributed by atoms with Crippen molar-refractivity contribution >= 4 is 22.4 Å². The Bertz CT molecular complexity index is 403. The van der Waals surface area contributed by atoms with Crippen molar-refractivity contribution in [3.8, 4) is 0 Å². The van der Waals surface area contributed by atoms with Gasteiger partial charge in [-0.25, -0.2) is 13.6 Å². The number of benzene rings is 1. The van der Waals surface area contributed by atoms with Crippen LogP contribution < -0.4 is 10.9 Å². The zero-order chi connectivity index (χ0) is 10.8. The van der Waals surface area contributed by atoms with E-state index in [0.29, 0.717) is 0 Å². The molecule has 0 amide bonds. The van der Waals surface area contributed by atoms with Crippen LogP contribution in [0.2, 0.25) is 0 Å². The summed E-state index contributed by atoms with van der Waals surface area (Å²) in [6.45, 7) is 1.97. The first-order chi connectivity index (χ1) is 6.45. The third-order valence-corrected chi connectivity index (χ3v) is 3.01. The van der Waals surface area contributed by atoms with E-state index in [9.17, 15) is 8.42 Å². The molecule has 0 heterocycles. The normalized spacial score (nSPS) is 13.0. The number of nitrogens with two attached hydrogens (primary N) is 2. The zero-order valence-corrected chi connectivity index (χ0v) is 10.0. The minimum atomic E-state index is -3.59. The standard InChI is InChI=1S/C9H14N2O2S.ClH/c1-2-9(10)7-3-5-8(6-4-7)14(11,12)13;/h3-6,9H,2,10H2,1H3,(H2,11,12,13);1H. The van der Waals surface area contributed by atoms with Gasteiger partial charge in [-0.3, -0.25) is 0 Å². The molecule has 0 saturated heterocycles. The third kappa shape index (κ3) is 3.79. The topological polar surface area (TPSA) is 86.2 Å². The van der Waals surface area contributed by atoms with Gasteiger partial charge in [-0.05, 0) is 24.1 Å². The molecule has 0 bridgehead atoms. The second-order valence-electron chi connectivity index (χ2n) is 3.13. The van der Waals surface area contributed by atoms with Gasteiger partial charge >= 0.3 is 0 Å². The number of sulfonamides is 1. The molecular formula is C9H15ClN2O2S. The van der Waals surface area contributed by atoms with Gasteiger partial charge < -0.3 is 5.73 Å². The SMILES string of the molecule is CCC(N)c1ccc(S(N)(=O)=O)cc1.Cl. The van der Waals surface area contributed by atoms with Crippen LogP contribution in [0.1, 0.15) is 24.9 Å². The van der Waals surface area contributed by atoms with Gasteiger partial charge in [-0.1, -0.05) is 19.1 Å². The maximum atomic E-state index is 10.9. The van der Waals surface area contributed by atoms with E-state index in [4.69, 9.17) is 10.9 Å². The molecule has 1 aromatic rings. The fourth-order valence-corrected chi connectivity index (χ4v) is 1.66. The Morgan fingerprint density at radius 2 is 1.73 bits per heavy atom. The highest BCUT2D eigenvalue weighted by Gasteiger charge is 2.08. The van der Waals surface area contributed by atoms with E-state index in [1.165, 1.54) is 12.1 Å². The van der Waals surface area contributed by atoms with E-state index >= 15 is 0 Å². The Morgan fingerprint density at radius 1 is 1.27 bits per heavy atom. The molecule has 1 atom stereocenters. The zero-order valence-electron chi connectivity index (χ0n) is 8.38. The number of hydrogen-bond acceptors (Lipinski definition) is 3. The Balaban J connectivity index is 0.00000196. The highest BCUT2D eigenvalue weighted by atomic mass is 35.5. The Hall–Kier alpha value is -0.620. The lowest BCUT2D eigenvalue weighted by Gasteiger charge is -2.08. The number of hydrogen-bond donors (Lipinski definition) is 2. The van der Waals surface area contributed by atoms with Crippen molar-refractivity contribution in [1.29, 1.82) is 0 Å². The van der Waals surface area contributed by atoms with Crippen LogP contribution in [0.3, 0.4) is 0 Å². The van der Waals surface area contributed by atoms with Crippen molar-refractivity contribution < 1.29 is 8.42 Å². The first-order valence-corrected chi connectivity index (χ1v) is 5.88. The highest BCUT2D eigenvalue weighted by Crippen LogP contribution is 2.15. The summed E-state index contributed by atoms with van der Waals surface area (Å²) < 4.78 is 21.9. The van der Waals surface area contributed by atoms with Crippen molar-refractivity contribution in [3.05, 3.63) is 29.8 Å². The molecule has 15 heavy (non-hydrogen) atoms. The average molecular weight is 251 g/mol. The van der Waals surface area contributed by atoms with Gasteiger partial charge in [0.05, 0.1) is 4.90 Å². The number of primary sulfonamides is 1. The van der Waals surface area contributed by atoms with Gasteiger partial charge in [-0.15, -0.1) is 12.4 Å². The maximum absolute atomic E-state index is 10.9. The molecule has 1 rings (SSSR count). The van der Waals surface area contributed by atoms with E-state index in [2.05, 4.69) is 0 Å². The van der Waals surface area contributed by atoms with Gasteiger partial charge in [0.25, 0.3) is 0 Å². The molecule has 0 fully saturated rings. The van der Waals surface area contributed by atoms with Crippen LogP contribution in [0.5, 0.6) is 0 Å². The van der Waals surface area contributed by atoms with E-state index in [-0.39, 0.29) is 23.3 Å². The van der Waals surface area contributed by atoms with Crippen LogP contribution >= 0.6 is 12.4 Å². The number of halogens is 1. The molecule has 0 aliphatic heterocycles. The van der Waals surface area contributed by atoms with Crippen LogP contribution in [0.4, 0.5) is 0 Å². The molecule has 0 aromatic heterocycles. The van der Waals surface area contributed by atoms with E-state index in [0.717, 1.165) is 12.0 Å². The second-order valence-corrected chi connectivity index (χ2v) is 4.69. The fourth-order valence-electron chi connectivity index (χ4n) is 1.14. The van der Waals surface area contributed by atoms with Crippen molar-refractivity contribution in [3.63, 3.8) is 0 Å². The van der Waals surface area contributed by atoms with Crippen LogP contribution in [-0.2, 0) is 10.0 Å². The number of rotatable bonds is 3. The first kappa shape index (κ1) is 14.4. The predicted octanol–water partition coefficient (Wildman–Crippen LogP) is 1.17. The maximum Gasteiger partial charge on any atom is 0.238 e. The summed E-state index contributed by atoms with van der Waals surface area (Å²) in [5.74, 6) is 0. The highest BCUT2D eigenvalue weighted by molar-refractivity contribution is 7.89. The molecule has 0 radical (unpaired) electrons. The van der Waals surface area contributed by atoms with Crippen molar-refractivity contribution in [2.75, 3.05) is 0 Å². The predicted molar refractivity (Wildman–Crippen MR) is 62.3 cm³/mol. The molecular weight excluding hydrogens is 236 g/mol. The lowest BCUT2D eigenvalue weighted by atomic mass is 10.1. The minimum Gasteiger partial charge on any atom is -0.324 e. The minimum absolute atomic E-state index is 0. The second kappa shape index (κ2) is 5.46. The van der Waals surface area contributed by atoms with Gasteiger partial charge in [0.15, 0.2) is 0 Å². The molecule has 0 aliphatic carbocycles. The van der Waals surface area contributed by atoms with Crippen LogP contribution in [0.25, 0.3) is 0 Å². The third-order valence-electron chi connectivity index (χ3n) is 2.08. The quantitative estimate of drug-likeness (QED) is 0.844. The Morgan fingerprint density at radius 3 is 2.07 bits per heavy atom. The largest absolute Gasteiger partial charge is 0.324 e. The van der Waals surface area contributed by atoms with Gasteiger partial charge in [0, 0.05) is 6.04 Å². The summed E-state index contributed by atoms with van der Waals surface area (Å²) in [5.41, 5.74) is 6.69. The fraction of sp³-hybridized carbons (Fsp3) is 0.333. The van der Waals surface area contributed by atoms with Crippen LogP contribution in [-0.4, -0.2) is 8.42 Å². The summed E-state index contributed by atoms with van der Waals surface area (Å²) in [6.07, 6.45) is 0.814. The molecule has 1 unspecified atom stereocenters. The average Bonchev–Trinajstić information content (AvgIpc) is 2.15. The smallest absolute Gasteiger partial charge is 0.238 e. The Kier molecular flexibility index (Phi) is 5.23. The molecule has 6 heteroatoms. The summed E-state index contributed by atoms with van der Waals surface area (Å²) >= 11 is 0. The van der Waals surface area contributed by atoms with E-state index in [1.807, 2.05) is 6.92 Å².